The van der Waals surface area contributed by atoms with Gasteiger partial charge in [-0.05, 0) is 51.9 Å². The highest BCUT2D eigenvalue weighted by molar-refractivity contribution is 5.24. The van der Waals surface area contributed by atoms with E-state index in [0.717, 1.165) is 19.6 Å². The maximum absolute atomic E-state index is 4.40. The van der Waals surface area contributed by atoms with Crippen LogP contribution in [0.15, 0.2) is 6.20 Å². The third kappa shape index (κ3) is 3.57. The Kier molecular flexibility index (Phi) is 5.40. The van der Waals surface area contributed by atoms with Crippen molar-refractivity contribution < 1.29 is 0 Å². The van der Waals surface area contributed by atoms with Crippen molar-refractivity contribution in [1.29, 1.82) is 0 Å². The molecule has 0 saturated carbocycles. The number of aromatic nitrogens is 2. The summed E-state index contributed by atoms with van der Waals surface area (Å²) in [5, 5.41) is 8.11. The van der Waals surface area contributed by atoms with Gasteiger partial charge in [-0.2, -0.15) is 5.10 Å². The van der Waals surface area contributed by atoms with Crippen LogP contribution in [0.3, 0.4) is 0 Å². The van der Waals surface area contributed by atoms with Crippen molar-refractivity contribution in [3.8, 4) is 0 Å². The summed E-state index contributed by atoms with van der Waals surface area (Å²) in [6.07, 6.45) is 7.00. The van der Waals surface area contributed by atoms with E-state index in [1.54, 1.807) is 0 Å². The molecular weight excluding hydrogens is 236 g/mol. The van der Waals surface area contributed by atoms with E-state index in [-0.39, 0.29) is 0 Å². The zero-order chi connectivity index (χ0) is 13.7. The summed E-state index contributed by atoms with van der Waals surface area (Å²) in [6.45, 7) is 9.10. The average molecular weight is 264 g/mol. The molecule has 4 heteroatoms. The Bertz CT molecular complexity index is 381. The highest BCUT2D eigenvalue weighted by atomic mass is 15.3. The fourth-order valence-corrected chi connectivity index (χ4v) is 3.04. The SMILES string of the molecule is CCN(CC)CCCNC1CCCc2c1cnn2C. The molecule has 1 aromatic rings. The van der Waals surface area contributed by atoms with Crippen molar-refractivity contribution in [3.05, 3.63) is 17.5 Å². The fraction of sp³-hybridized carbons (Fsp3) is 0.800. The van der Waals surface area contributed by atoms with E-state index >= 15 is 0 Å². The van der Waals surface area contributed by atoms with Gasteiger partial charge in [-0.15, -0.1) is 0 Å². The number of nitrogens with one attached hydrogen (secondary N) is 1. The van der Waals surface area contributed by atoms with Crippen LogP contribution < -0.4 is 5.32 Å². The third-order valence-electron chi connectivity index (χ3n) is 4.31. The van der Waals surface area contributed by atoms with Crippen LogP contribution in [0.5, 0.6) is 0 Å². The summed E-state index contributed by atoms with van der Waals surface area (Å²) >= 11 is 0. The summed E-state index contributed by atoms with van der Waals surface area (Å²) in [7, 11) is 2.06. The quantitative estimate of drug-likeness (QED) is 0.766. The summed E-state index contributed by atoms with van der Waals surface area (Å²) < 4.78 is 2.04. The highest BCUT2D eigenvalue weighted by Gasteiger charge is 2.22. The van der Waals surface area contributed by atoms with E-state index in [1.807, 2.05) is 4.68 Å². The summed E-state index contributed by atoms with van der Waals surface area (Å²) in [6, 6.07) is 0.522. The number of rotatable bonds is 7. The maximum Gasteiger partial charge on any atom is 0.0540 e. The Morgan fingerprint density at radius 1 is 1.42 bits per heavy atom. The van der Waals surface area contributed by atoms with Crippen LogP contribution in [0.25, 0.3) is 0 Å². The van der Waals surface area contributed by atoms with Gasteiger partial charge in [0.1, 0.15) is 0 Å². The first-order valence-corrected chi connectivity index (χ1v) is 7.72. The Hall–Kier alpha value is -0.870. The van der Waals surface area contributed by atoms with Gasteiger partial charge in [-0.1, -0.05) is 13.8 Å². The monoisotopic (exact) mass is 264 g/mol. The first kappa shape index (κ1) is 14.5. The van der Waals surface area contributed by atoms with Gasteiger partial charge in [0.15, 0.2) is 0 Å². The molecule has 2 rings (SSSR count). The number of hydrogen-bond donors (Lipinski definition) is 1. The van der Waals surface area contributed by atoms with Crippen LogP contribution in [0.2, 0.25) is 0 Å². The van der Waals surface area contributed by atoms with Gasteiger partial charge in [0.05, 0.1) is 6.20 Å². The Balaban J connectivity index is 1.78. The first-order chi connectivity index (χ1) is 9.26. The van der Waals surface area contributed by atoms with Crippen molar-refractivity contribution in [2.75, 3.05) is 26.2 Å². The van der Waals surface area contributed by atoms with Crippen LogP contribution in [0, 0.1) is 0 Å². The molecule has 0 spiro atoms. The fourth-order valence-electron chi connectivity index (χ4n) is 3.04. The van der Waals surface area contributed by atoms with E-state index in [9.17, 15) is 0 Å². The molecule has 1 heterocycles. The van der Waals surface area contributed by atoms with Gasteiger partial charge >= 0.3 is 0 Å². The van der Waals surface area contributed by atoms with E-state index < -0.39 is 0 Å². The van der Waals surface area contributed by atoms with E-state index in [0.29, 0.717) is 6.04 Å². The van der Waals surface area contributed by atoms with Gasteiger partial charge in [0, 0.05) is 24.3 Å². The molecule has 4 nitrogen and oxygen atoms in total. The van der Waals surface area contributed by atoms with Gasteiger partial charge < -0.3 is 10.2 Å². The average Bonchev–Trinajstić information content (AvgIpc) is 2.82. The van der Waals surface area contributed by atoms with Crippen LogP contribution in [-0.2, 0) is 13.5 Å². The van der Waals surface area contributed by atoms with Crippen molar-refractivity contribution in [1.82, 2.24) is 20.0 Å². The molecule has 0 amide bonds. The molecule has 1 atom stereocenters. The number of nitrogens with zero attached hydrogens (tertiary/aromatic N) is 3. The second-order valence-corrected chi connectivity index (χ2v) is 5.45. The minimum absolute atomic E-state index is 0.522. The molecule has 108 valence electrons. The number of fused-ring (bicyclic) bond motifs is 1. The standard InChI is InChI=1S/C15H28N4/c1-4-19(5-2)11-7-10-16-14-8-6-9-15-13(14)12-17-18(15)3/h12,14,16H,4-11H2,1-3H3. The molecule has 0 radical (unpaired) electrons. The number of aryl methyl sites for hydroxylation is 1. The minimum atomic E-state index is 0.522. The van der Waals surface area contributed by atoms with Gasteiger partial charge in [-0.3, -0.25) is 4.68 Å². The van der Waals surface area contributed by atoms with Gasteiger partial charge in [-0.25, -0.2) is 0 Å². The maximum atomic E-state index is 4.40. The van der Waals surface area contributed by atoms with Gasteiger partial charge in [0.2, 0.25) is 0 Å². The zero-order valence-corrected chi connectivity index (χ0v) is 12.7. The summed E-state index contributed by atoms with van der Waals surface area (Å²) in [4.78, 5) is 2.48. The van der Waals surface area contributed by atoms with E-state index in [4.69, 9.17) is 0 Å². The lowest BCUT2D eigenvalue weighted by Crippen LogP contribution is -2.30. The topological polar surface area (TPSA) is 33.1 Å². The lowest BCUT2D eigenvalue weighted by atomic mass is 9.93. The molecule has 0 aliphatic heterocycles. The normalized spacial score (nSPS) is 18.8. The molecule has 1 aromatic heterocycles. The van der Waals surface area contributed by atoms with Crippen LogP contribution in [0.1, 0.15) is 50.4 Å². The van der Waals surface area contributed by atoms with E-state index in [1.165, 1.54) is 43.5 Å². The predicted molar refractivity (Wildman–Crippen MR) is 79.3 cm³/mol. The molecule has 0 saturated heterocycles. The van der Waals surface area contributed by atoms with Crippen LogP contribution in [0.4, 0.5) is 0 Å². The molecular formula is C15H28N4. The Labute approximate surface area is 117 Å². The van der Waals surface area contributed by atoms with Crippen LogP contribution >= 0.6 is 0 Å². The summed E-state index contributed by atoms with van der Waals surface area (Å²) in [5.74, 6) is 0. The lowest BCUT2D eigenvalue weighted by Gasteiger charge is -2.24. The molecule has 0 fully saturated rings. The van der Waals surface area contributed by atoms with Crippen molar-refractivity contribution in [2.45, 2.75) is 45.6 Å². The van der Waals surface area contributed by atoms with E-state index in [2.05, 4.69) is 42.4 Å². The second kappa shape index (κ2) is 7.06. The second-order valence-electron chi connectivity index (χ2n) is 5.45. The Morgan fingerprint density at radius 2 is 2.21 bits per heavy atom. The molecule has 1 aliphatic carbocycles. The largest absolute Gasteiger partial charge is 0.310 e. The minimum Gasteiger partial charge on any atom is -0.310 e. The molecule has 1 aliphatic rings. The van der Waals surface area contributed by atoms with Crippen molar-refractivity contribution in [2.24, 2.45) is 7.05 Å². The van der Waals surface area contributed by atoms with Crippen molar-refractivity contribution >= 4 is 0 Å². The zero-order valence-electron chi connectivity index (χ0n) is 12.7. The van der Waals surface area contributed by atoms with Gasteiger partial charge in [0.25, 0.3) is 0 Å². The first-order valence-electron chi connectivity index (χ1n) is 7.72. The molecule has 1 N–H and O–H groups in total. The highest BCUT2D eigenvalue weighted by Crippen LogP contribution is 2.28. The molecule has 0 aromatic carbocycles. The van der Waals surface area contributed by atoms with Crippen molar-refractivity contribution in [3.63, 3.8) is 0 Å². The number of hydrogen-bond acceptors (Lipinski definition) is 3. The molecule has 1 unspecified atom stereocenters. The smallest absolute Gasteiger partial charge is 0.0540 e. The van der Waals surface area contributed by atoms with Crippen LogP contribution in [-0.4, -0.2) is 40.9 Å². The lowest BCUT2D eigenvalue weighted by molar-refractivity contribution is 0.294. The predicted octanol–water partition coefficient (Wildman–Crippen LogP) is 2.12. The molecule has 19 heavy (non-hydrogen) atoms. The molecule has 0 bridgehead atoms. The summed E-state index contributed by atoms with van der Waals surface area (Å²) in [5.41, 5.74) is 2.85. The third-order valence-corrected chi connectivity index (χ3v) is 4.31. The Morgan fingerprint density at radius 3 is 2.95 bits per heavy atom.